The zero-order chi connectivity index (χ0) is 21.9. The number of nitrogens with one attached hydrogen (secondary N) is 2. The van der Waals surface area contributed by atoms with Crippen LogP contribution in [0.4, 0.5) is 9.18 Å². The molecule has 0 aliphatic heterocycles. The van der Waals surface area contributed by atoms with Crippen LogP contribution in [-0.2, 0) is 27.3 Å². The fraction of sp³-hybridized carbons (Fsp3) is 0.391. The van der Waals surface area contributed by atoms with E-state index in [2.05, 4.69) is 10.6 Å². The van der Waals surface area contributed by atoms with Crippen molar-refractivity contribution in [2.45, 2.75) is 52.0 Å². The molecule has 2 aromatic rings. The van der Waals surface area contributed by atoms with E-state index in [0.29, 0.717) is 19.6 Å². The van der Waals surface area contributed by atoms with Gasteiger partial charge in [0, 0.05) is 6.54 Å². The molecule has 6 nitrogen and oxygen atoms in total. The number of carbonyl (C=O) groups is 2. The summed E-state index contributed by atoms with van der Waals surface area (Å²) in [6, 6.07) is 14.7. The summed E-state index contributed by atoms with van der Waals surface area (Å²) in [6.45, 7) is 5.83. The fourth-order valence-electron chi connectivity index (χ4n) is 2.76. The van der Waals surface area contributed by atoms with Gasteiger partial charge in [0.05, 0.1) is 18.8 Å². The fourth-order valence-corrected chi connectivity index (χ4v) is 2.76. The third kappa shape index (κ3) is 8.21. The van der Waals surface area contributed by atoms with Crippen LogP contribution >= 0.6 is 0 Å². The lowest BCUT2D eigenvalue weighted by molar-refractivity contribution is -0.127. The quantitative estimate of drug-likeness (QED) is 0.621. The number of carbonyl (C=O) groups excluding carboxylic acids is 2. The van der Waals surface area contributed by atoms with E-state index in [1.54, 1.807) is 32.9 Å². The van der Waals surface area contributed by atoms with E-state index in [4.69, 9.17) is 9.47 Å². The van der Waals surface area contributed by atoms with Gasteiger partial charge in [-0.25, -0.2) is 9.18 Å². The molecule has 2 atom stereocenters. The van der Waals surface area contributed by atoms with Crippen molar-refractivity contribution < 1.29 is 23.5 Å². The summed E-state index contributed by atoms with van der Waals surface area (Å²) in [6.07, 6.45) is -1.05. The molecular formula is C23H29FN2O4. The van der Waals surface area contributed by atoms with Crippen molar-refractivity contribution >= 4 is 12.0 Å². The van der Waals surface area contributed by atoms with E-state index >= 15 is 0 Å². The second-order valence-corrected chi connectivity index (χ2v) is 7.25. The van der Waals surface area contributed by atoms with E-state index in [1.165, 1.54) is 12.1 Å². The van der Waals surface area contributed by atoms with Crippen molar-refractivity contribution in [2.24, 2.45) is 0 Å². The Kier molecular flexibility index (Phi) is 9.28. The van der Waals surface area contributed by atoms with E-state index in [-0.39, 0.29) is 17.8 Å². The minimum Gasteiger partial charge on any atom is -0.447 e. The third-order valence-corrected chi connectivity index (χ3v) is 4.35. The van der Waals surface area contributed by atoms with Crippen LogP contribution in [0, 0.1) is 5.82 Å². The summed E-state index contributed by atoms with van der Waals surface area (Å²) in [7, 11) is 0. The van der Waals surface area contributed by atoms with E-state index < -0.39 is 18.2 Å². The molecule has 0 aliphatic rings. The molecule has 0 saturated heterocycles. The highest BCUT2D eigenvalue weighted by Gasteiger charge is 2.28. The van der Waals surface area contributed by atoms with Crippen molar-refractivity contribution in [3.05, 3.63) is 71.5 Å². The van der Waals surface area contributed by atoms with Crippen LogP contribution in [0.1, 0.15) is 31.9 Å². The molecule has 2 aromatic carbocycles. The molecule has 0 fully saturated rings. The summed E-state index contributed by atoms with van der Waals surface area (Å²) < 4.78 is 23.9. The summed E-state index contributed by atoms with van der Waals surface area (Å²) in [5.74, 6) is -0.682. The Balaban J connectivity index is 1.94. The van der Waals surface area contributed by atoms with Crippen molar-refractivity contribution in [1.82, 2.24) is 10.6 Å². The maximum absolute atomic E-state index is 13.0. The number of hydrogen-bond donors (Lipinski definition) is 2. The zero-order valence-electron chi connectivity index (χ0n) is 17.6. The lowest BCUT2D eigenvalue weighted by atomic mass is 10.1. The Hall–Kier alpha value is -2.93. The highest BCUT2D eigenvalue weighted by atomic mass is 19.1. The van der Waals surface area contributed by atoms with Gasteiger partial charge in [-0.3, -0.25) is 4.79 Å². The minimum absolute atomic E-state index is 0.305. The molecule has 0 aromatic heterocycles. The van der Waals surface area contributed by atoms with Gasteiger partial charge < -0.3 is 20.1 Å². The number of halogens is 1. The number of alkyl carbamates (subject to hydrolysis) is 1. The first-order chi connectivity index (χ1) is 14.3. The largest absolute Gasteiger partial charge is 0.447 e. The molecule has 0 unspecified atom stereocenters. The lowest BCUT2D eigenvalue weighted by Gasteiger charge is -2.25. The number of benzene rings is 2. The van der Waals surface area contributed by atoms with E-state index in [0.717, 1.165) is 11.1 Å². The minimum atomic E-state index is -0.923. The molecule has 2 N–H and O–H groups in total. The van der Waals surface area contributed by atoms with Crippen molar-refractivity contribution in [3.8, 4) is 0 Å². The molecule has 2 amide bonds. The summed E-state index contributed by atoms with van der Waals surface area (Å²) >= 11 is 0. The average molecular weight is 416 g/mol. The predicted octanol–water partition coefficient (Wildman–Crippen LogP) is 3.59. The SMILES string of the molecule is CC(C)OC(=O)N[C@H](C(=O)NCCc1ccc(F)cc1)[C@@H](C)OCc1ccccc1. The molecule has 7 heteroatoms. The Bertz CT molecular complexity index is 797. The van der Waals surface area contributed by atoms with E-state index in [1.807, 2.05) is 30.3 Å². The second kappa shape index (κ2) is 11.9. The molecule has 162 valence electrons. The molecule has 0 radical (unpaired) electrons. The topological polar surface area (TPSA) is 76.7 Å². The first kappa shape index (κ1) is 23.3. The summed E-state index contributed by atoms with van der Waals surface area (Å²) in [5.41, 5.74) is 1.86. The first-order valence-corrected chi connectivity index (χ1v) is 10.00. The van der Waals surface area contributed by atoms with Crippen molar-refractivity contribution in [3.63, 3.8) is 0 Å². The number of hydrogen-bond acceptors (Lipinski definition) is 4. The Labute approximate surface area is 176 Å². The zero-order valence-corrected chi connectivity index (χ0v) is 17.6. The molecule has 0 aliphatic carbocycles. The van der Waals surface area contributed by atoms with Crippen LogP contribution in [0.25, 0.3) is 0 Å². The molecule has 2 rings (SSSR count). The Morgan fingerprint density at radius 2 is 1.63 bits per heavy atom. The number of amides is 2. The predicted molar refractivity (Wildman–Crippen MR) is 112 cm³/mol. The van der Waals surface area contributed by atoms with Crippen LogP contribution in [-0.4, -0.2) is 36.8 Å². The maximum atomic E-state index is 13.0. The standard InChI is InChI=1S/C23H29FN2O4/c1-16(2)30-23(28)26-21(17(3)29-15-19-7-5-4-6-8-19)22(27)25-14-13-18-9-11-20(24)12-10-18/h4-12,16-17,21H,13-15H2,1-3H3,(H,25,27)(H,26,28)/t17-,21+/m1/s1. The third-order valence-electron chi connectivity index (χ3n) is 4.35. The van der Waals surface area contributed by atoms with Gasteiger partial charge in [-0.2, -0.15) is 0 Å². The molecule has 0 bridgehead atoms. The second-order valence-electron chi connectivity index (χ2n) is 7.25. The lowest BCUT2D eigenvalue weighted by Crippen LogP contribution is -2.53. The van der Waals surface area contributed by atoms with Gasteiger partial charge in [0.1, 0.15) is 11.9 Å². The van der Waals surface area contributed by atoms with Gasteiger partial charge >= 0.3 is 6.09 Å². The smallest absolute Gasteiger partial charge is 0.408 e. The Morgan fingerprint density at radius 1 is 0.967 bits per heavy atom. The highest BCUT2D eigenvalue weighted by Crippen LogP contribution is 2.08. The van der Waals surface area contributed by atoms with Gasteiger partial charge in [0.2, 0.25) is 5.91 Å². The first-order valence-electron chi connectivity index (χ1n) is 10.00. The van der Waals surface area contributed by atoms with Crippen LogP contribution in [0.5, 0.6) is 0 Å². The van der Waals surface area contributed by atoms with Gasteiger partial charge in [0.15, 0.2) is 0 Å². The maximum Gasteiger partial charge on any atom is 0.408 e. The molecule has 0 spiro atoms. The molecule has 30 heavy (non-hydrogen) atoms. The normalized spacial score (nSPS) is 12.8. The van der Waals surface area contributed by atoms with Crippen LogP contribution in [0.15, 0.2) is 54.6 Å². The van der Waals surface area contributed by atoms with Crippen LogP contribution in [0.2, 0.25) is 0 Å². The Morgan fingerprint density at radius 3 is 2.27 bits per heavy atom. The number of ether oxygens (including phenoxy) is 2. The van der Waals surface area contributed by atoms with Gasteiger partial charge in [-0.1, -0.05) is 42.5 Å². The van der Waals surface area contributed by atoms with Crippen LogP contribution in [0.3, 0.4) is 0 Å². The number of rotatable bonds is 10. The average Bonchev–Trinajstić information content (AvgIpc) is 2.72. The highest BCUT2D eigenvalue weighted by molar-refractivity contribution is 5.86. The van der Waals surface area contributed by atoms with Crippen molar-refractivity contribution in [2.75, 3.05) is 6.54 Å². The van der Waals surface area contributed by atoms with Gasteiger partial charge in [-0.05, 0) is 50.5 Å². The van der Waals surface area contributed by atoms with Crippen molar-refractivity contribution in [1.29, 1.82) is 0 Å². The van der Waals surface area contributed by atoms with E-state index in [9.17, 15) is 14.0 Å². The molecule has 0 heterocycles. The van der Waals surface area contributed by atoms with Crippen LogP contribution < -0.4 is 10.6 Å². The monoisotopic (exact) mass is 416 g/mol. The molecular weight excluding hydrogens is 387 g/mol. The molecule has 0 saturated carbocycles. The van der Waals surface area contributed by atoms with Gasteiger partial charge in [-0.15, -0.1) is 0 Å². The summed E-state index contributed by atoms with van der Waals surface area (Å²) in [4.78, 5) is 24.8. The summed E-state index contributed by atoms with van der Waals surface area (Å²) in [5, 5.41) is 5.39. The van der Waals surface area contributed by atoms with Gasteiger partial charge in [0.25, 0.3) is 0 Å².